The van der Waals surface area contributed by atoms with E-state index in [2.05, 4.69) is 0 Å². The standard InChI is InChI=1S/C13H15F3O4/c1-2-3-4-5-6-20-12-10(16)9(15)8(14)7(11(12)17)13(18)19/h17H,2-6H2,1H3,(H,18,19). The van der Waals surface area contributed by atoms with Gasteiger partial charge in [0, 0.05) is 0 Å². The summed E-state index contributed by atoms with van der Waals surface area (Å²) in [4.78, 5) is 10.7. The van der Waals surface area contributed by atoms with Crippen LogP contribution >= 0.6 is 0 Å². The third kappa shape index (κ3) is 3.34. The van der Waals surface area contributed by atoms with Crippen LogP contribution in [0.1, 0.15) is 43.0 Å². The average molecular weight is 292 g/mol. The number of carbonyl (C=O) groups is 1. The predicted octanol–water partition coefficient (Wildman–Crippen LogP) is 3.47. The summed E-state index contributed by atoms with van der Waals surface area (Å²) in [6.07, 6.45) is 3.20. The number of phenols is 1. The van der Waals surface area contributed by atoms with E-state index in [4.69, 9.17) is 9.84 Å². The maximum absolute atomic E-state index is 13.4. The number of unbranched alkanes of at least 4 members (excludes halogenated alkanes) is 3. The van der Waals surface area contributed by atoms with Crippen molar-refractivity contribution in [3.63, 3.8) is 0 Å². The van der Waals surface area contributed by atoms with Gasteiger partial charge in [0.1, 0.15) is 5.56 Å². The fourth-order valence-electron chi connectivity index (χ4n) is 1.66. The summed E-state index contributed by atoms with van der Waals surface area (Å²) in [5.74, 6) is -9.80. The number of ether oxygens (including phenoxy) is 1. The maximum Gasteiger partial charge on any atom is 0.342 e. The molecule has 1 rings (SSSR count). The first-order valence-electron chi connectivity index (χ1n) is 6.17. The first-order valence-corrected chi connectivity index (χ1v) is 6.17. The highest BCUT2D eigenvalue weighted by Gasteiger charge is 2.29. The Hall–Kier alpha value is -1.92. The fourth-order valence-corrected chi connectivity index (χ4v) is 1.66. The van der Waals surface area contributed by atoms with Crippen molar-refractivity contribution in [2.75, 3.05) is 6.61 Å². The minimum atomic E-state index is -1.98. The Morgan fingerprint density at radius 3 is 2.30 bits per heavy atom. The molecule has 0 radical (unpaired) electrons. The number of benzene rings is 1. The lowest BCUT2D eigenvalue weighted by molar-refractivity contribution is 0.0685. The number of halogens is 3. The summed E-state index contributed by atoms with van der Waals surface area (Å²) in [5, 5.41) is 18.2. The minimum absolute atomic E-state index is 0.0331. The molecule has 0 amide bonds. The Bertz CT molecular complexity index is 503. The van der Waals surface area contributed by atoms with Gasteiger partial charge < -0.3 is 14.9 Å². The number of hydrogen-bond acceptors (Lipinski definition) is 3. The van der Waals surface area contributed by atoms with Gasteiger partial charge in [-0.05, 0) is 6.42 Å². The molecular formula is C13H15F3O4. The van der Waals surface area contributed by atoms with Gasteiger partial charge in [0.15, 0.2) is 17.4 Å². The lowest BCUT2D eigenvalue weighted by Gasteiger charge is -2.12. The molecule has 0 aliphatic carbocycles. The zero-order valence-electron chi connectivity index (χ0n) is 10.9. The third-order valence-electron chi connectivity index (χ3n) is 2.71. The molecule has 0 saturated carbocycles. The highest BCUT2D eigenvalue weighted by molar-refractivity contribution is 5.92. The molecule has 0 aromatic heterocycles. The van der Waals surface area contributed by atoms with Crippen molar-refractivity contribution in [1.82, 2.24) is 0 Å². The Balaban J connectivity index is 2.98. The summed E-state index contributed by atoms with van der Waals surface area (Å²) >= 11 is 0. The van der Waals surface area contributed by atoms with Gasteiger partial charge in [-0.2, -0.15) is 4.39 Å². The van der Waals surface area contributed by atoms with E-state index >= 15 is 0 Å². The van der Waals surface area contributed by atoms with Crippen LogP contribution < -0.4 is 4.74 Å². The Kier molecular flexibility index (Phi) is 5.66. The second-order valence-corrected chi connectivity index (χ2v) is 4.21. The first kappa shape index (κ1) is 16.1. The summed E-state index contributed by atoms with van der Waals surface area (Å²) in [6, 6.07) is 0. The first-order chi connectivity index (χ1) is 9.41. The van der Waals surface area contributed by atoms with Crippen molar-refractivity contribution in [2.45, 2.75) is 32.6 Å². The van der Waals surface area contributed by atoms with E-state index in [1.54, 1.807) is 0 Å². The summed E-state index contributed by atoms with van der Waals surface area (Å²) in [5.41, 5.74) is -1.34. The molecule has 0 aliphatic heterocycles. The normalized spacial score (nSPS) is 10.6. The number of aromatic carboxylic acids is 1. The molecule has 0 atom stereocenters. The second-order valence-electron chi connectivity index (χ2n) is 4.21. The van der Waals surface area contributed by atoms with Crippen molar-refractivity contribution in [3.05, 3.63) is 23.0 Å². The quantitative estimate of drug-likeness (QED) is 0.596. The zero-order valence-corrected chi connectivity index (χ0v) is 10.9. The van der Waals surface area contributed by atoms with E-state index in [0.717, 1.165) is 19.3 Å². The van der Waals surface area contributed by atoms with E-state index in [0.29, 0.717) is 6.42 Å². The van der Waals surface area contributed by atoms with E-state index < -0.39 is 40.5 Å². The van der Waals surface area contributed by atoms with Gasteiger partial charge in [0.05, 0.1) is 6.61 Å². The van der Waals surface area contributed by atoms with Crippen molar-refractivity contribution in [3.8, 4) is 11.5 Å². The van der Waals surface area contributed by atoms with Gasteiger partial charge in [-0.25, -0.2) is 13.6 Å². The summed E-state index contributed by atoms with van der Waals surface area (Å²) in [6.45, 7) is 1.95. The largest absolute Gasteiger partial charge is 0.504 e. The topological polar surface area (TPSA) is 66.8 Å². The molecule has 1 aromatic carbocycles. The van der Waals surface area contributed by atoms with Crippen LogP contribution in [0.3, 0.4) is 0 Å². The van der Waals surface area contributed by atoms with E-state index in [-0.39, 0.29) is 6.61 Å². The number of carboxylic acid groups (broad SMARTS) is 1. The molecule has 4 nitrogen and oxygen atoms in total. The lowest BCUT2D eigenvalue weighted by atomic mass is 10.1. The Morgan fingerprint density at radius 2 is 1.75 bits per heavy atom. The SMILES string of the molecule is CCCCCCOc1c(O)c(C(=O)O)c(F)c(F)c1F. The van der Waals surface area contributed by atoms with Gasteiger partial charge in [-0.15, -0.1) is 0 Å². The molecule has 0 saturated heterocycles. The van der Waals surface area contributed by atoms with Crippen LogP contribution in [0, 0.1) is 17.5 Å². The third-order valence-corrected chi connectivity index (χ3v) is 2.71. The minimum Gasteiger partial charge on any atom is -0.504 e. The highest BCUT2D eigenvalue weighted by Crippen LogP contribution is 2.37. The molecule has 0 aliphatic rings. The molecule has 2 N–H and O–H groups in total. The average Bonchev–Trinajstić information content (AvgIpc) is 2.39. The zero-order chi connectivity index (χ0) is 15.3. The van der Waals surface area contributed by atoms with Gasteiger partial charge in [0.2, 0.25) is 11.6 Å². The highest BCUT2D eigenvalue weighted by atomic mass is 19.2. The van der Waals surface area contributed by atoms with Crippen LogP contribution in [-0.4, -0.2) is 22.8 Å². The summed E-state index contributed by atoms with van der Waals surface area (Å²) in [7, 11) is 0. The summed E-state index contributed by atoms with van der Waals surface area (Å²) < 4.78 is 44.7. The molecule has 0 fully saturated rings. The monoisotopic (exact) mass is 292 g/mol. The molecule has 1 aromatic rings. The molecule has 20 heavy (non-hydrogen) atoms. The van der Waals surface area contributed by atoms with Crippen LogP contribution in [0.2, 0.25) is 0 Å². The number of carboxylic acids is 1. The van der Waals surface area contributed by atoms with Gasteiger partial charge in [0.25, 0.3) is 0 Å². The number of aromatic hydroxyl groups is 1. The molecule has 7 heteroatoms. The van der Waals surface area contributed by atoms with Crippen molar-refractivity contribution >= 4 is 5.97 Å². The van der Waals surface area contributed by atoms with Crippen LogP contribution in [0.25, 0.3) is 0 Å². The fraction of sp³-hybridized carbons (Fsp3) is 0.462. The molecule has 112 valence electrons. The van der Waals surface area contributed by atoms with Crippen LogP contribution in [0.5, 0.6) is 11.5 Å². The van der Waals surface area contributed by atoms with Gasteiger partial charge in [-0.1, -0.05) is 26.2 Å². The lowest BCUT2D eigenvalue weighted by Crippen LogP contribution is -2.09. The predicted molar refractivity (Wildman–Crippen MR) is 64.6 cm³/mol. The van der Waals surface area contributed by atoms with E-state index in [9.17, 15) is 23.1 Å². The van der Waals surface area contributed by atoms with E-state index in [1.165, 1.54) is 0 Å². The van der Waals surface area contributed by atoms with Crippen molar-refractivity contribution in [2.24, 2.45) is 0 Å². The second kappa shape index (κ2) is 7.02. The van der Waals surface area contributed by atoms with Crippen LogP contribution in [0.4, 0.5) is 13.2 Å². The molecular weight excluding hydrogens is 277 g/mol. The maximum atomic E-state index is 13.4. The van der Waals surface area contributed by atoms with E-state index in [1.807, 2.05) is 6.92 Å². The Labute approximate surface area is 113 Å². The number of rotatable bonds is 7. The Morgan fingerprint density at radius 1 is 1.10 bits per heavy atom. The van der Waals surface area contributed by atoms with Crippen molar-refractivity contribution < 1.29 is 32.9 Å². The van der Waals surface area contributed by atoms with Gasteiger partial charge >= 0.3 is 5.97 Å². The molecule has 0 heterocycles. The van der Waals surface area contributed by atoms with Crippen LogP contribution in [-0.2, 0) is 0 Å². The smallest absolute Gasteiger partial charge is 0.342 e. The van der Waals surface area contributed by atoms with Gasteiger partial charge in [-0.3, -0.25) is 0 Å². The number of hydrogen-bond donors (Lipinski definition) is 2. The molecule has 0 bridgehead atoms. The van der Waals surface area contributed by atoms with Crippen LogP contribution in [0.15, 0.2) is 0 Å². The molecule has 0 unspecified atom stereocenters. The van der Waals surface area contributed by atoms with Crippen molar-refractivity contribution in [1.29, 1.82) is 0 Å². The molecule has 0 spiro atoms.